The van der Waals surface area contributed by atoms with Gasteiger partial charge in [0.05, 0.1) is 33.1 Å². The molecule has 8 aromatic heterocycles. The number of furan rings is 4. The molecule has 0 saturated heterocycles. The maximum atomic E-state index is 6.52. The number of nitrogens with zero attached hydrogens (tertiary/aromatic N) is 3. The zero-order chi connectivity index (χ0) is 78.3. The van der Waals surface area contributed by atoms with Crippen molar-refractivity contribution in [2.45, 2.75) is 19.3 Å². The molecular formula is C111H69N3O4S. The number of aromatic nitrogens is 3. The molecule has 27 rings (SSSR count). The van der Waals surface area contributed by atoms with Crippen molar-refractivity contribution in [3.8, 4) is 61.6 Å². The molecule has 8 heteroatoms. The Kier molecular flexibility index (Phi) is 14.6. The largest absolute Gasteiger partial charge is 0.455 e. The van der Waals surface area contributed by atoms with Crippen LogP contribution in [0, 0.1) is 0 Å². The Morgan fingerprint density at radius 2 is 0.546 bits per heavy atom. The second-order valence-corrected chi connectivity index (χ2v) is 33.1. The molecule has 0 saturated carbocycles. The Morgan fingerprint density at radius 1 is 0.218 bits per heavy atom. The third-order valence-electron chi connectivity index (χ3n) is 25.3. The van der Waals surface area contributed by atoms with Gasteiger partial charge in [-0.2, -0.15) is 0 Å². The Labute approximate surface area is 685 Å². The third-order valence-corrected chi connectivity index (χ3v) is 26.5. The molecule has 1 aliphatic rings. The van der Waals surface area contributed by atoms with Crippen LogP contribution in [0.4, 0.5) is 0 Å². The summed E-state index contributed by atoms with van der Waals surface area (Å²) in [7, 11) is 0. The van der Waals surface area contributed by atoms with Crippen LogP contribution in [-0.4, -0.2) is 13.7 Å². The normalized spacial score (nSPS) is 12.7. The van der Waals surface area contributed by atoms with Gasteiger partial charge in [-0.3, -0.25) is 0 Å². The molecule has 0 bridgehead atoms. The highest BCUT2D eigenvalue weighted by Crippen LogP contribution is 2.51. The van der Waals surface area contributed by atoms with Gasteiger partial charge in [0.1, 0.15) is 27.9 Å². The lowest BCUT2D eigenvalue weighted by Gasteiger charge is -2.21. The second-order valence-electron chi connectivity index (χ2n) is 32.0. The van der Waals surface area contributed by atoms with Crippen LogP contribution in [0.5, 0.6) is 0 Å². The average Bonchev–Trinajstić information content (AvgIpc) is 1.58. The van der Waals surface area contributed by atoms with Crippen LogP contribution in [0.3, 0.4) is 0 Å². The van der Waals surface area contributed by atoms with E-state index >= 15 is 0 Å². The van der Waals surface area contributed by atoms with Crippen molar-refractivity contribution in [3.63, 3.8) is 0 Å². The van der Waals surface area contributed by atoms with E-state index in [0.29, 0.717) is 0 Å². The van der Waals surface area contributed by atoms with Gasteiger partial charge in [0.2, 0.25) is 0 Å². The molecule has 0 N–H and O–H groups in total. The summed E-state index contributed by atoms with van der Waals surface area (Å²) in [4.78, 5) is 0. The van der Waals surface area contributed by atoms with Crippen LogP contribution in [-0.2, 0) is 5.41 Å². The predicted molar refractivity (Wildman–Crippen MR) is 498 cm³/mol. The number of rotatable bonds is 6. The van der Waals surface area contributed by atoms with Gasteiger partial charge in [0, 0.05) is 124 Å². The lowest BCUT2D eigenvalue weighted by atomic mass is 9.82. The standard InChI is InChI=1S/C39H27NO.C36H21NO2.C36H21NOS/c1-39(2)33-12-6-3-9-27(33)32-23-25(17-22-34(32)39)24-15-18-26(19-16-24)40-35-13-7-4-10-28(35)30-20-21-31-29-11-5-8-14-36(29)41-38(31)37(30)40;1-4-13-31-25(8-1)28-20-21-30-27-10-3-6-15-33(27)39-36(30)34(28)37(31)23-18-16-22(17-19-23)24-11-7-12-29-26-9-2-5-14-32(26)38-35(24)29;1-4-13-31-25(8-1)28-20-21-29-26-9-2-5-14-32(26)38-35(29)34(28)37(31)23-18-16-22(17-19-23)24-11-7-12-30-27-10-3-6-15-33(27)39-36(24)30/h3-23H,1-2H3;2*1-21H. The first-order valence-corrected chi connectivity index (χ1v) is 41.5. The molecule has 7 nitrogen and oxygen atoms in total. The lowest BCUT2D eigenvalue weighted by molar-refractivity contribution is 0.660. The van der Waals surface area contributed by atoms with Crippen LogP contribution >= 0.6 is 11.3 Å². The molecule has 1 aliphatic carbocycles. The van der Waals surface area contributed by atoms with Gasteiger partial charge in [-0.15, -0.1) is 11.3 Å². The van der Waals surface area contributed by atoms with E-state index in [1.807, 2.05) is 47.7 Å². The van der Waals surface area contributed by atoms with E-state index in [2.05, 4.69) is 373 Å². The molecule has 558 valence electrons. The van der Waals surface area contributed by atoms with Gasteiger partial charge in [0.15, 0.2) is 16.7 Å². The molecule has 8 heterocycles. The summed E-state index contributed by atoms with van der Waals surface area (Å²) in [6.07, 6.45) is 0. The van der Waals surface area contributed by atoms with E-state index in [4.69, 9.17) is 17.7 Å². The van der Waals surface area contributed by atoms with Crippen LogP contribution in [0.1, 0.15) is 25.0 Å². The topological polar surface area (TPSA) is 67.3 Å². The van der Waals surface area contributed by atoms with Crippen LogP contribution in [0.25, 0.3) is 235 Å². The van der Waals surface area contributed by atoms with Crippen molar-refractivity contribution in [2.75, 3.05) is 0 Å². The van der Waals surface area contributed by atoms with E-state index in [1.54, 1.807) is 0 Å². The summed E-state index contributed by atoms with van der Waals surface area (Å²) in [6, 6.07) is 137. The summed E-state index contributed by atoms with van der Waals surface area (Å²) in [6.45, 7) is 4.66. The van der Waals surface area contributed by atoms with Gasteiger partial charge in [0.25, 0.3) is 0 Å². The smallest absolute Gasteiger partial charge is 0.160 e. The van der Waals surface area contributed by atoms with Crippen LogP contribution in [0.2, 0.25) is 0 Å². The minimum absolute atomic E-state index is 0.0207. The van der Waals surface area contributed by atoms with E-state index < -0.39 is 0 Å². The van der Waals surface area contributed by atoms with Crippen molar-refractivity contribution in [1.82, 2.24) is 13.7 Å². The van der Waals surface area contributed by atoms with E-state index in [0.717, 1.165) is 138 Å². The van der Waals surface area contributed by atoms with Gasteiger partial charge in [-0.25, -0.2) is 0 Å². The highest BCUT2D eigenvalue weighted by atomic mass is 32.1. The quantitative estimate of drug-likeness (QED) is 0.166. The van der Waals surface area contributed by atoms with Gasteiger partial charge in [-0.05, 0) is 159 Å². The van der Waals surface area contributed by atoms with Crippen molar-refractivity contribution >= 4 is 185 Å². The molecule has 0 atom stereocenters. The third kappa shape index (κ3) is 10.1. The first-order valence-electron chi connectivity index (χ1n) is 40.7. The summed E-state index contributed by atoms with van der Waals surface area (Å²) in [5, 5.41) is 19.1. The molecule has 0 spiro atoms. The van der Waals surface area contributed by atoms with Gasteiger partial charge < -0.3 is 31.4 Å². The number of fused-ring (bicyclic) bond motifs is 30. The fourth-order valence-electron chi connectivity index (χ4n) is 19.7. The Hall–Kier alpha value is -15.2. The molecule has 119 heavy (non-hydrogen) atoms. The maximum Gasteiger partial charge on any atom is 0.160 e. The minimum Gasteiger partial charge on any atom is -0.455 e. The molecule has 0 aliphatic heterocycles. The summed E-state index contributed by atoms with van der Waals surface area (Å²) >= 11 is 1.87. The van der Waals surface area contributed by atoms with Crippen molar-refractivity contribution in [3.05, 3.63) is 393 Å². The van der Waals surface area contributed by atoms with Gasteiger partial charge in [-0.1, -0.05) is 287 Å². The lowest BCUT2D eigenvalue weighted by Crippen LogP contribution is -2.14. The molecule has 18 aromatic carbocycles. The number of benzene rings is 18. The summed E-state index contributed by atoms with van der Waals surface area (Å²) < 4.78 is 35.6. The van der Waals surface area contributed by atoms with Crippen molar-refractivity contribution in [2.24, 2.45) is 0 Å². The molecule has 26 aromatic rings. The maximum absolute atomic E-state index is 6.52. The zero-order valence-corrected chi connectivity index (χ0v) is 65.6. The Bertz CT molecular complexity index is 8370. The fraction of sp³-hybridized carbons (Fsp3) is 0.0270. The predicted octanol–water partition coefficient (Wildman–Crippen LogP) is 31.6. The fourth-order valence-corrected chi connectivity index (χ4v) is 21.0. The molecule has 0 unspecified atom stereocenters. The number of para-hydroxylation sites is 8. The number of thiophene rings is 1. The summed E-state index contributed by atoms with van der Waals surface area (Å²) in [5.74, 6) is 0. The number of hydrogen-bond acceptors (Lipinski definition) is 5. The van der Waals surface area contributed by atoms with Crippen molar-refractivity contribution in [1.29, 1.82) is 0 Å². The first-order chi connectivity index (χ1) is 58.8. The Balaban J connectivity index is 0.0000000992. The first kappa shape index (κ1) is 67.1. The zero-order valence-electron chi connectivity index (χ0n) is 64.8. The van der Waals surface area contributed by atoms with Crippen LogP contribution in [0.15, 0.2) is 400 Å². The SMILES string of the molecule is CC1(C)c2ccccc2-c2cc(-c3ccc(-n4c5ccccc5c5ccc6c7ccccc7oc6c54)cc3)ccc21.c1ccc2c(c1)oc1c(-c3ccc(-n4c5ccccc5c5ccc6c7ccccc7oc6c54)cc3)cccc12.c1ccc2c(c1)oc1c2ccc2c3ccccc3n(-c3ccc(-c4cccc5c4sc4ccccc45)cc3)c21. The average molecular weight is 1540 g/mol. The second kappa shape index (κ2) is 25.9. The Morgan fingerprint density at radius 3 is 1.03 bits per heavy atom. The van der Waals surface area contributed by atoms with Crippen LogP contribution < -0.4 is 0 Å². The molecule has 0 amide bonds. The highest BCUT2D eigenvalue weighted by Gasteiger charge is 2.35. The van der Waals surface area contributed by atoms with E-state index in [1.165, 1.54) is 108 Å². The highest BCUT2D eigenvalue weighted by molar-refractivity contribution is 7.26. The number of hydrogen-bond donors (Lipinski definition) is 0. The molecule has 0 radical (unpaired) electrons. The van der Waals surface area contributed by atoms with Gasteiger partial charge >= 0.3 is 0 Å². The monoisotopic (exact) mass is 1540 g/mol. The van der Waals surface area contributed by atoms with E-state index in [9.17, 15) is 0 Å². The molecular weight excluding hydrogens is 1470 g/mol. The minimum atomic E-state index is 0.0207. The van der Waals surface area contributed by atoms with Crippen molar-refractivity contribution < 1.29 is 17.7 Å². The van der Waals surface area contributed by atoms with E-state index in [-0.39, 0.29) is 5.41 Å². The summed E-state index contributed by atoms with van der Waals surface area (Å²) in [5.41, 5.74) is 30.3. The molecule has 0 fully saturated rings.